The van der Waals surface area contributed by atoms with Gasteiger partial charge in [-0.15, -0.1) is 0 Å². The van der Waals surface area contributed by atoms with Crippen molar-refractivity contribution < 1.29 is 4.74 Å². The van der Waals surface area contributed by atoms with E-state index in [1.807, 2.05) is 19.4 Å². The Bertz CT molecular complexity index is 414. The number of aromatic nitrogens is 1. The van der Waals surface area contributed by atoms with Crippen molar-refractivity contribution in [1.82, 2.24) is 10.3 Å². The van der Waals surface area contributed by atoms with Gasteiger partial charge in [0.1, 0.15) is 0 Å². The van der Waals surface area contributed by atoms with Gasteiger partial charge in [-0.05, 0) is 25.5 Å². The SMILES string of the molecule is CCNC(c1cnccc1N)C1(OC)CCCCCC1. The highest BCUT2D eigenvalue weighted by molar-refractivity contribution is 5.47. The van der Waals surface area contributed by atoms with Crippen molar-refractivity contribution in [2.75, 3.05) is 19.4 Å². The average molecular weight is 277 g/mol. The standard InChI is InChI=1S/C16H27N3O/c1-3-19-15(13-12-18-11-8-14(13)17)16(20-2)9-6-4-5-7-10-16/h8,11-12,15,19H,3-7,9-10H2,1-2H3,(H2,17,18). The number of rotatable bonds is 5. The van der Waals surface area contributed by atoms with E-state index in [1.54, 1.807) is 6.20 Å². The number of nitrogen functional groups attached to an aromatic ring is 1. The molecule has 1 aromatic rings. The minimum absolute atomic E-state index is 0.115. The zero-order valence-corrected chi connectivity index (χ0v) is 12.7. The van der Waals surface area contributed by atoms with Gasteiger partial charge in [-0.1, -0.05) is 32.6 Å². The van der Waals surface area contributed by atoms with Crippen LogP contribution in [0.25, 0.3) is 0 Å². The van der Waals surface area contributed by atoms with Crippen molar-refractivity contribution in [2.45, 2.75) is 57.1 Å². The molecule has 1 saturated carbocycles. The third kappa shape index (κ3) is 3.13. The van der Waals surface area contributed by atoms with Crippen molar-refractivity contribution in [2.24, 2.45) is 0 Å². The number of nitrogens with two attached hydrogens (primary N) is 1. The summed E-state index contributed by atoms with van der Waals surface area (Å²) in [6.07, 6.45) is 10.8. The Morgan fingerprint density at radius 2 is 2.05 bits per heavy atom. The number of nitrogens with one attached hydrogen (secondary N) is 1. The fraction of sp³-hybridized carbons (Fsp3) is 0.688. The van der Waals surface area contributed by atoms with Crippen LogP contribution in [0.4, 0.5) is 5.69 Å². The monoisotopic (exact) mass is 277 g/mol. The second-order valence-electron chi connectivity index (χ2n) is 5.68. The Kier molecular flexibility index (Phi) is 5.38. The van der Waals surface area contributed by atoms with Crippen molar-refractivity contribution >= 4 is 5.69 Å². The number of ether oxygens (including phenoxy) is 1. The van der Waals surface area contributed by atoms with Crippen LogP contribution in [0.2, 0.25) is 0 Å². The normalized spacial score (nSPS) is 20.3. The van der Waals surface area contributed by atoms with Gasteiger partial charge in [-0.25, -0.2) is 0 Å². The molecular formula is C16H27N3O. The average Bonchev–Trinajstić information content (AvgIpc) is 2.72. The molecule has 2 rings (SSSR count). The van der Waals surface area contributed by atoms with Crippen molar-refractivity contribution in [3.8, 4) is 0 Å². The summed E-state index contributed by atoms with van der Waals surface area (Å²) in [7, 11) is 1.84. The number of hydrogen-bond donors (Lipinski definition) is 2. The molecule has 1 aromatic heterocycles. The maximum Gasteiger partial charge on any atom is 0.0873 e. The molecule has 1 unspecified atom stereocenters. The van der Waals surface area contributed by atoms with Crippen LogP contribution < -0.4 is 11.1 Å². The van der Waals surface area contributed by atoms with E-state index >= 15 is 0 Å². The van der Waals surface area contributed by atoms with Gasteiger partial charge in [-0.2, -0.15) is 0 Å². The molecule has 0 bridgehead atoms. The molecule has 0 amide bonds. The lowest BCUT2D eigenvalue weighted by Crippen LogP contribution is -2.45. The van der Waals surface area contributed by atoms with Crippen molar-refractivity contribution in [3.63, 3.8) is 0 Å². The molecule has 20 heavy (non-hydrogen) atoms. The summed E-state index contributed by atoms with van der Waals surface area (Å²) >= 11 is 0. The van der Waals surface area contributed by atoms with Crippen LogP contribution in [-0.4, -0.2) is 24.2 Å². The highest BCUT2D eigenvalue weighted by Gasteiger charge is 2.40. The number of likely N-dealkylation sites (N-methyl/N-ethyl adjacent to an activating group) is 1. The number of nitrogens with zero attached hydrogens (tertiary/aromatic N) is 1. The van der Waals surface area contributed by atoms with Crippen molar-refractivity contribution in [3.05, 3.63) is 24.0 Å². The quantitative estimate of drug-likeness (QED) is 0.812. The Morgan fingerprint density at radius 1 is 1.35 bits per heavy atom. The first-order chi connectivity index (χ1) is 9.73. The van der Waals surface area contributed by atoms with Gasteiger partial charge in [0.25, 0.3) is 0 Å². The molecule has 3 N–H and O–H groups in total. The topological polar surface area (TPSA) is 60.2 Å². The predicted molar refractivity (Wildman–Crippen MR) is 82.5 cm³/mol. The van der Waals surface area contributed by atoms with E-state index in [-0.39, 0.29) is 11.6 Å². The van der Waals surface area contributed by atoms with Crippen LogP contribution in [0.5, 0.6) is 0 Å². The molecule has 1 fully saturated rings. The summed E-state index contributed by atoms with van der Waals surface area (Å²) in [5.74, 6) is 0. The molecule has 1 atom stereocenters. The van der Waals surface area contributed by atoms with Gasteiger partial charge in [0.05, 0.1) is 11.6 Å². The number of methoxy groups -OCH3 is 1. The molecular weight excluding hydrogens is 250 g/mol. The predicted octanol–water partition coefficient (Wildman–Crippen LogP) is 3.05. The number of hydrogen-bond acceptors (Lipinski definition) is 4. The van der Waals surface area contributed by atoms with E-state index in [0.29, 0.717) is 0 Å². The van der Waals surface area contributed by atoms with E-state index in [9.17, 15) is 0 Å². The molecule has 4 nitrogen and oxygen atoms in total. The third-order valence-corrected chi connectivity index (χ3v) is 4.49. The molecule has 0 spiro atoms. The summed E-state index contributed by atoms with van der Waals surface area (Å²) in [6.45, 7) is 3.02. The Morgan fingerprint density at radius 3 is 2.60 bits per heavy atom. The number of pyridine rings is 1. The molecule has 0 radical (unpaired) electrons. The zero-order chi connectivity index (χ0) is 14.4. The summed E-state index contributed by atoms with van der Waals surface area (Å²) in [5, 5.41) is 3.58. The zero-order valence-electron chi connectivity index (χ0n) is 12.7. The second kappa shape index (κ2) is 7.04. The van der Waals surface area contributed by atoms with E-state index in [4.69, 9.17) is 10.5 Å². The van der Waals surface area contributed by atoms with Gasteiger partial charge in [-0.3, -0.25) is 4.98 Å². The van der Waals surface area contributed by atoms with Crippen LogP contribution in [0.3, 0.4) is 0 Å². The fourth-order valence-electron chi connectivity index (χ4n) is 3.38. The molecule has 1 aliphatic carbocycles. The maximum atomic E-state index is 6.18. The minimum atomic E-state index is -0.163. The molecule has 1 aliphatic rings. The first-order valence-electron chi connectivity index (χ1n) is 7.71. The van der Waals surface area contributed by atoms with E-state index in [2.05, 4.69) is 17.2 Å². The van der Waals surface area contributed by atoms with Gasteiger partial charge >= 0.3 is 0 Å². The number of anilines is 1. The molecule has 1 heterocycles. The van der Waals surface area contributed by atoms with Gasteiger partial charge in [0.2, 0.25) is 0 Å². The Hall–Kier alpha value is -1.13. The van der Waals surface area contributed by atoms with Crippen molar-refractivity contribution in [1.29, 1.82) is 0 Å². The second-order valence-corrected chi connectivity index (χ2v) is 5.68. The smallest absolute Gasteiger partial charge is 0.0873 e. The van der Waals surface area contributed by atoms with Crippen LogP contribution in [0.1, 0.15) is 57.1 Å². The summed E-state index contributed by atoms with van der Waals surface area (Å²) in [5.41, 5.74) is 7.88. The molecule has 0 aliphatic heterocycles. The van der Waals surface area contributed by atoms with E-state index in [1.165, 1.54) is 25.7 Å². The van der Waals surface area contributed by atoms with E-state index < -0.39 is 0 Å². The highest BCUT2D eigenvalue weighted by atomic mass is 16.5. The third-order valence-electron chi connectivity index (χ3n) is 4.49. The lowest BCUT2D eigenvalue weighted by Gasteiger charge is -2.40. The first kappa shape index (κ1) is 15.3. The van der Waals surface area contributed by atoms with Crippen LogP contribution in [0.15, 0.2) is 18.5 Å². The lowest BCUT2D eigenvalue weighted by molar-refractivity contribution is -0.0535. The van der Waals surface area contributed by atoms with Gasteiger partial charge < -0.3 is 15.8 Å². The maximum absolute atomic E-state index is 6.18. The first-order valence-corrected chi connectivity index (χ1v) is 7.71. The lowest BCUT2D eigenvalue weighted by atomic mass is 9.82. The largest absolute Gasteiger partial charge is 0.398 e. The minimum Gasteiger partial charge on any atom is -0.398 e. The molecule has 4 heteroatoms. The molecule has 0 aromatic carbocycles. The van der Waals surface area contributed by atoms with Crippen LogP contribution >= 0.6 is 0 Å². The Balaban J connectivity index is 2.36. The van der Waals surface area contributed by atoms with Gasteiger partial charge in [0.15, 0.2) is 0 Å². The summed E-state index contributed by atoms with van der Waals surface area (Å²) in [4.78, 5) is 4.26. The van der Waals surface area contributed by atoms with Crippen LogP contribution in [0, 0.1) is 0 Å². The summed E-state index contributed by atoms with van der Waals surface area (Å²) in [6, 6.07) is 1.99. The van der Waals surface area contributed by atoms with Gasteiger partial charge in [0, 0.05) is 30.8 Å². The van der Waals surface area contributed by atoms with E-state index in [0.717, 1.165) is 30.6 Å². The van der Waals surface area contributed by atoms with Crippen LogP contribution in [-0.2, 0) is 4.74 Å². The Labute approximate surface area is 122 Å². The fourth-order valence-corrected chi connectivity index (χ4v) is 3.38. The molecule has 0 saturated heterocycles. The highest BCUT2D eigenvalue weighted by Crippen LogP contribution is 2.41. The summed E-state index contributed by atoms with van der Waals surface area (Å²) < 4.78 is 6.04. The molecule has 112 valence electrons.